The molecular formula is C44H28BF3N6O7. The number of ether oxygens (including phenoxy) is 2. The van der Waals surface area contributed by atoms with Gasteiger partial charge in [0, 0.05) is 35.2 Å². The predicted octanol–water partition coefficient (Wildman–Crippen LogP) is 4.71. The van der Waals surface area contributed by atoms with Gasteiger partial charge in [-0.15, -0.1) is 0 Å². The molecule has 11 rings (SSSR count). The Hall–Kier alpha value is -7.56. The highest BCUT2D eigenvalue weighted by molar-refractivity contribution is 6.69. The molecule has 0 spiro atoms. The molecule has 6 heterocycles. The predicted molar refractivity (Wildman–Crippen MR) is 215 cm³/mol. The summed E-state index contributed by atoms with van der Waals surface area (Å²) in [5.74, 6) is -0.336. The molecule has 4 aliphatic rings. The van der Waals surface area contributed by atoms with Gasteiger partial charge in [0.05, 0.1) is 33.5 Å². The van der Waals surface area contributed by atoms with Gasteiger partial charge in [0.25, 0.3) is 17.4 Å². The van der Waals surface area contributed by atoms with Crippen LogP contribution in [0.25, 0.3) is 33.2 Å². The maximum atomic E-state index is 13.6. The molecule has 17 heteroatoms. The number of carbonyl (C=O) groups excluding carboxylic acids is 4. The number of aromatic amines is 2. The number of nitrogens with zero attached hydrogens (tertiary/aromatic N) is 3. The van der Waals surface area contributed by atoms with E-state index >= 15 is 0 Å². The van der Waals surface area contributed by atoms with Gasteiger partial charge >= 0.3 is 6.18 Å². The van der Waals surface area contributed by atoms with Crippen molar-refractivity contribution in [3.05, 3.63) is 136 Å². The van der Waals surface area contributed by atoms with E-state index in [9.17, 15) is 37.1 Å². The summed E-state index contributed by atoms with van der Waals surface area (Å²) in [6.07, 6.45) is -3.08. The number of imide groups is 2. The Morgan fingerprint density at radius 1 is 0.852 bits per heavy atom. The van der Waals surface area contributed by atoms with Crippen molar-refractivity contribution in [3.63, 3.8) is 0 Å². The van der Waals surface area contributed by atoms with Crippen LogP contribution in [0, 0.1) is 0 Å². The number of nitrogens with one attached hydrogen (secondary N) is 3. The molecule has 300 valence electrons. The van der Waals surface area contributed by atoms with E-state index in [0.717, 1.165) is 28.1 Å². The van der Waals surface area contributed by atoms with Crippen LogP contribution in [0.1, 0.15) is 62.3 Å². The Balaban J connectivity index is 0.830. The molecule has 61 heavy (non-hydrogen) atoms. The molecule has 7 aromatic rings. The number of pyridine rings is 2. The fourth-order valence-electron chi connectivity index (χ4n) is 8.85. The Bertz CT molecular complexity index is 3150. The molecule has 1 unspecified atom stereocenters. The first-order valence-corrected chi connectivity index (χ1v) is 19.4. The molecule has 13 nitrogen and oxygen atoms in total. The Morgan fingerprint density at radius 2 is 1.69 bits per heavy atom. The quantitative estimate of drug-likeness (QED) is 0.152. The second-order valence-electron chi connectivity index (χ2n) is 15.5. The molecule has 1 saturated heterocycles. The highest BCUT2D eigenvalue weighted by Gasteiger charge is 2.61. The van der Waals surface area contributed by atoms with Crippen LogP contribution in [0.4, 0.5) is 13.2 Å². The van der Waals surface area contributed by atoms with E-state index in [1.165, 1.54) is 12.3 Å². The van der Waals surface area contributed by atoms with Gasteiger partial charge in [-0.1, -0.05) is 47.3 Å². The minimum absolute atomic E-state index is 0.0246. The van der Waals surface area contributed by atoms with E-state index < -0.39 is 41.4 Å². The minimum Gasteiger partial charge on any atom is -0.489 e. The smallest absolute Gasteiger partial charge is 0.416 e. The molecule has 2 fully saturated rings. The molecule has 3 aromatic heterocycles. The fourth-order valence-corrected chi connectivity index (χ4v) is 8.85. The van der Waals surface area contributed by atoms with Gasteiger partial charge in [0.1, 0.15) is 40.9 Å². The third-order valence-corrected chi connectivity index (χ3v) is 11.9. The van der Waals surface area contributed by atoms with E-state index in [4.69, 9.17) is 9.47 Å². The van der Waals surface area contributed by atoms with Crippen molar-refractivity contribution in [2.24, 2.45) is 0 Å². The lowest BCUT2D eigenvalue weighted by atomic mass is 9.62. The Morgan fingerprint density at radius 3 is 2.49 bits per heavy atom. The lowest BCUT2D eigenvalue weighted by Gasteiger charge is -2.27. The number of amides is 4. The van der Waals surface area contributed by atoms with Crippen molar-refractivity contribution in [1.82, 2.24) is 30.2 Å². The summed E-state index contributed by atoms with van der Waals surface area (Å²) in [5.41, 5.74) is 3.60. The summed E-state index contributed by atoms with van der Waals surface area (Å²) in [7, 11) is 0.289. The molecule has 4 amide bonds. The number of fused-ring (bicyclic) bond motifs is 6. The average Bonchev–Trinajstić information content (AvgIpc) is 3.45. The van der Waals surface area contributed by atoms with Crippen molar-refractivity contribution in [3.8, 4) is 28.4 Å². The van der Waals surface area contributed by atoms with Crippen LogP contribution in [0.2, 0.25) is 0 Å². The summed E-state index contributed by atoms with van der Waals surface area (Å²) in [5, 5.41) is 2.76. The lowest BCUT2D eigenvalue weighted by Crippen LogP contribution is -2.54. The van der Waals surface area contributed by atoms with Crippen LogP contribution in [-0.4, -0.2) is 67.9 Å². The van der Waals surface area contributed by atoms with E-state index in [1.807, 2.05) is 24.3 Å². The highest BCUT2D eigenvalue weighted by Crippen LogP contribution is 2.63. The minimum atomic E-state index is -4.47. The maximum absolute atomic E-state index is 13.6. The largest absolute Gasteiger partial charge is 0.489 e. The standard InChI is InChI=1S/C44H28BF3N6O7/c46-44(47,48)20-6-10-28-29(16-20)51-39(50-28)36-35-25-17-22(9-12-31(25)61-37(35)36)60-32-14-15-49-38-26(32)18-24(40(56)53-38)19-4-7-21(8-5-19)45-27-3-1-2-23-34(27)43(59)54(42(23)58)30-11-13-33(55)52-41(30)57/h1-10,12,14-18,30,35-37,45H,11,13H2,(H,50,51)(H,49,53,56)(H,52,55,57)/t30?,35-,36-,37-/m0/s1. The summed E-state index contributed by atoms with van der Waals surface area (Å²) in [6.45, 7) is 0. The molecule has 1 aliphatic carbocycles. The first-order chi connectivity index (χ1) is 29.4. The number of carbonyl (C=O) groups is 4. The third kappa shape index (κ3) is 5.98. The van der Waals surface area contributed by atoms with Crippen LogP contribution in [-0.2, 0) is 15.8 Å². The zero-order valence-electron chi connectivity index (χ0n) is 31.5. The van der Waals surface area contributed by atoms with Gasteiger partial charge in [-0.3, -0.25) is 34.2 Å². The number of halogens is 3. The molecule has 4 aromatic carbocycles. The first kappa shape index (κ1) is 36.5. The fraction of sp³-hybridized carbons (Fsp3) is 0.159. The first-order valence-electron chi connectivity index (χ1n) is 19.4. The average molecular weight is 821 g/mol. The molecule has 1 saturated carbocycles. The van der Waals surface area contributed by atoms with Gasteiger partial charge in [-0.25, -0.2) is 9.97 Å². The summed E-state index contributed by atoms with van der Waals surface area (Å²) in [6, 6.07) is 23.5. The third-order valence-electron chi connectivity index (χ3n) is 11.9. The monoisotopic (exact) mass is 820 g/mol. The van der Waals surface area contributed by atoms with Crippen LogP contribution >= 0.6 is 0 Å². The topological polar surface area (TPSA) is 176 Å². The number of piperidine rings is 1. The SMILES string of the molecule is O=C1CCC(N2C(=O)c3cccc(Bc4ccc(-c5cc6c(Oc7ccc8c(c7)[C@@H]7[C@H](O8)[C@H]7c7nc8cc(C(F)(F)F)ccc8[nH]7)ccnc6[nH]c5=O)cc4)c3C2=O)C(=O)N1. The van der Waals surface area contributed by atoms with Crippen LogP contribution in [0.5, 0.6) is 17.2 Å². The summed E-state index contributed by atoms with van der Waals surface area (Å²) >= 11 is 0. The van der Waals surface area contributed by atoms with Crippen LogP contribution in [0.3, 0.4) is 0 Å². The molecule has 0 radical (unpaired) electrons. The van der Waals surface area contributed by atoms with Crippen molar-refractivity contribution >= 4 is 63.9 Å². The van der Waals surface area contributed by atoms with E-state index in [2.05, 4.69) is 25.3 Å². The van der Waals surface area contributed by atoms with Crippen molar-refractivity contribution in [2.75, 3.05) is 0 Å². The lowest BCUT2D eigenvalue weighted by molar-refractivity contribution is -0.138. The molecule has 0 bridgehead atoms. The second kappa shape index (κ2) is 13.2. The highest BCUT2D eigenvalue weighted by atomic mass is 19.4. The summed E-state index contributed by atoms with van der Waals surface area (Å²) in [4.78, 5) is 80.4. The second-order valence-corrected chi connectivity index (χ2v) is 15.5. The van der Waals surface area contributed by atoms with Gasteiger partial charge in [0.2, 0.25) is 11.8 Å². The maximum Gasteiger partial charge on any atom is 0.416 e. The van der Waals surface area contributed by atoms with Crippen LogP contribution < -0.4 is 31.3 Å². The van der Waals surface area contributed by atoms with Crippen molar-refractivity contribution in [1.29, 1.82) is 0 Å². The number of aromatic nitrogens is 4. The number of rotatable bonds is 7. The van der Waals surface area contributed by atoms with Gasteiger partial charge < -0.3 is 19.4 Å². The molecular weight excluding hydrogens is 792 g/mol. The summed E-state index contributed by atoms with van der Waals surface area (Å²) < 4.78 is 52.5. The Labute approximate surface area is 342 Å². The van der Waals surface area contributed by atoms with Crippen molar-refractivity contribution < 1.29 is 41.8 Å². The molecule has 4 atom stereocenters. The van der Waals surface area contributed by atoms with Crippen molar-refractivity contribution in [2.45, 2.75) is 43.0 Å². The van der Waals surface area contributed by atoms with Crippen LogP contribution in [0.15, 0.2) is 102 Å². The van der Waals surface area contributed by atoms with Gasteiger partial charge in [-0.2, -0.15) is 13.2 Å². The number of hydrogen-bond acceptors (Lipinski definition) is 9. The number of H-pyrrole nitrogens is 2. The number of imidazole rings is 1. The van der Waals surface area contributed by atoms with E-state index in [0.29, 0.717) is 56.2 Å². The molecule has 3 aliphatic heterocycles. The number of benzene rings is 4. The zero-order valence-corrected chi connectivity index (χ0v) is 31.5. The number of alkyl halides is 3. The number of hydrogen-bond donors (Lipinski definition) is 3. The zero-order chi connectivity index (χ0) is 41.9. The van der Waals surface area contributed by atoms with Gasteiger partial charge in [-0.05, 0) is 66.6 Å². The Kier molecular flexibility index (Phi) is 7.92. The van der Waals surface area contributed by atoms with Gasteiger partial charge in [0.15, 0.2) is 7.28 Å². The normalized spacial score (nSPS) is 20.3. The van der Waals surface area contributed by atoms with E-state index in [-0.39, 0.29) is 60.3 Å². The van der Waals surface area contributed by atoms with E-state index in [1.54, 1.807) is 48.5 Å². The molecule has 3 N–H and O–H groups in total.